The molecule has 0 saturated carbocycles. The van der Waals surface area contributed by atoms with Gasteiger partial charge in [0.25, 0.3) is 0 Å². The van der Waals surface area contributed by atoms with Crippen molar-refractivity contribution in [2.45, 2.75) is 45.4 Å². The Hall–Kier alpha value is -2.80. The number of hydrogen-bond donors (Lipinski definition) is 2. The van der Waals surface area contributed by atoms with Crippen LogP contribution < -0.4 is 10.1 Å². The molecule has 0 aliphatic carbocycles. The molecule has 8 heteroatoms. The van der Waals surface area contributed by atoms with E-state index in [1.807, 2.05) is 0 Å². The highest BCUT2D eigenvalue weighted by Gasteiger charge is 2.24. The second-order valence-electron chi connectivity index (χ2n) is 7.38. The summed E-state index contributed by atoms with van der Waals surface area (Å²) in [5.74, 6) is -1.25. The van der Waals surface area contributed by atoms with Crippen molar-refractivity contribution in [1.29, 1.82) is 0 Å². The maximum Gasteiger partial charge on any atom is 0.408 e. The van der Waals surface area contributed by atoms with E-state index in [1.54, 1.807) is 51.1 Å². The van der Waals surface area contributed by atoms with E-state index in [-0.39, 0.29) is 23.6 Å². The van der Waals surface area contributed by atoms with Crippen molar-refractivity contribution < 1.29 is 28.6 Å². The summed E-state index contributed by atoms with van der Waals surface area (Å²) in [5, 5.41) is 12.0. The van der Waals surface area contributed by atoms with Crippen LogP contribution in [0.2, 0.25) is 5.02 Å². The maximum atomic E-state index is 13.9. The van der Waals surface area contributed by atoms with Gasteiger partial charge in [-0.3, -0.25) is 0 Å². The summed E-state index contributed by atoms with van der Waals surface area (Å²) in [6.07, 6.45) is -0.793. The summed E-state index contributed by atoms with van der Waals surface area (Å²) in [6, 6.07) is 9.86. The number of amides is 1. The lowest BCUT2D eigenvalue weighted by Crippen LogP contribution is -2.44. The van der Waals surface area contributed by atoms with Crippen molar-refractivity contribution in [2.24, 2.45) is 0 Å². The molecule has 2 aromatic rings. The van der Waals surface area contributed by atoms with Gasteiger partial charge in [0, 0.05) is 12.0 Å². The van der Waals surface area contributed by atoms with Gasteiger partial charge < -0.3 is 19.9 Å². The van der Waals surface area contributed by atoms with E-state index in [2.05, 4.69) is 5.32 Å². The lowest BCUT2D eigenvalue weighted by Gasteiger charge is -2.22. The number of carbonyl (C=O) groups is 2. The van der Waals surface area contributed by atoms with Gasteiger partial charge in [0.15, 0.2) is 0 Å². The Labute approximate surface area is 173 Å². The molecule has 0 saturated heterocycles. The molecule has 1 atom stereocenters. The van der Waals surface area contributed by atoms with Crippen molar-refractivity contribution in [2.75, 3.05) is 0 Å². The molecular weight excluding hydrogens is 401 g/mol. The Bertz CT molecular complexity index is 861. The average molecular weight is 424 g/mol. The van der Waals surface area contributed by atoms with E-state index >= 15 is 0 Å². The van der Waals surface area contributed by atoms with Crippen LogP contribution in [-0.4, -0.2) is 28.8 Å². The molecule has 0 aromatic heterocycles. The molecule has 156 valence electrons. The third-order valence-corrected chi connectivity index (χ3v) is 4.13. The quantitative estimate of drug-likeness (QED) is 0.681. The number of hydrogen-bond acceptors (Lipinski definition) is 4. The molecule has 0 heterocycles. The number of nitrogens with one attached hydrogen (secondary N) is 1. The molecule has 0 fully saturated rings. The minimum absolute atomic E-state index is 0.0201. The van der Waals surface area contributed by atoms with Crippen LogP contribution in [0.5, 0.6) is 5.75 Å². The van der Waals surface area contributed by atoms with Gasteiger partial charge in [-0.1, -0.05) is 29.8 Å². The van der Waals surface area contributed by atoms with Gasteiger partial charge in [-0.25, -0.2) is 14.0 Å². The first-order chi connectivity index (χ1) is 13.5. The van der Waals surface area contributed by atoms with Crippen LogP contribution in [0.3, 0.4) is 0 Å². The molecule has 0 aliphatic rings. The Kier molecular flexibility index (Phi) is 7.45. The zero-order valence-electron chi connectivity index (χ0n) is 16.4. The van der Waals surface area contributed by atoms with E-state index in [0.717, 1.165) is 0 Å². The monoisotopic (exact) mass is 423 g/mol. The molecule has 1 unspecified atom stereocenters. The first-order valence-corrected chi connectivity index (χ1v) is 9.30. The number of carbonyl (C=O) groups excluding carboxylic acids is 1. The summed E-state index contributed by atoms with van der Waals surface area (Å²) >= 11 is 5.99. The van der Waals surface area contributed by atoms with Crippen LogP contribution in [0.1, 0.15) is 31.9 Å². The van der Waals surface area contributed by atoms with Crippen molar-refractivity contribution in [3.8, 4) is 5.75 Å². The van der Waals surface area contributed by atoms with Crippen molar-refractivity contribution in [3.63, 3.8) is 0 Å². The summed E-state index contributed by atoms with van der Waals surface area (Å²) in [6.45, 7) is 4.98. The molecule has 2 aromatic carbocycles. The molecule has 0 radical (unpaired) electrons. The second-order valence-corrected chi connectivity index (χ2v) is 7.78. The minimum atomic E-state index is -1.19. The van der Waals surface area contributed by atoms with E-state index < -0.39 is 29.5 Å². The van der Waals surface area contributed by atoms with Crippen LogP contribution in [0, 0.1) is 5.82 Å². The Morgan fingerprint density at radius 3 is 2.52 bits per heavy atom. The fourth-order valence-corrected chi connectivity index (χ4v) is 2.69. The molecule has 29 heavy (non-hydrogen) atoms. The van der Waals surface area contributed by atoms with Crippen molar-refractivity contribution in [3.05, 3.63) is 64.4 Å². The number of alkyl carbamates (subject to hydrolysis) is 1. The van der Waals surface area contributed by atoms with Gasteiger partial charge in [-0.05, 0) is 50.6 Å². The molecule has 0 spiro atoms. The zero-order chi connectivity index (χ0) is 21.6. The summed E-state index contributed by atoms with van der Waals surface area (Å²) in [7, 11) is 0. The van der Waals surface area contributed by atoms with Gasteiger partial charge >= 0.3 is 12.1 Å². The first kappa shape index (κ1) is 22.5. The summed E-state index contributed by atoms with van der Waals surface area (Å²) in [4.78, 5) is 23.4. The van der Waals surface area contributed by atoms with Crippen molar-refractivity contribution in [1.82, 2.24) is 5.32 Å². The number of carboxylic acids is 1. The van der Waals surface area contributed by atoms with Gasteiger partial charge in [0.1, 0.15) is 29.8 Å². The Morgan fingerprint density at radius 1 is 1.21 bits per heavy atom. The molecule has 2 N–H and O–H groups in total. The lowest BCUT2D eigenvalue weighted by atomic mass is 10.1. The molecule has 0 aliphatic heterocycles. The standard InChI is InChI=1S/C21H23ClFNO5/c1-21(2,3)29-20(27)24-18(19(25)26)11-13-6-4-7-14(10-13)28-12-15-16(22)8-5-9-17(15)23/h4-10,18H,11-12H2,1-3H3,(H,24,27)(H,25,26). The fraction of sp³-hybridized carbons (Fsp3) is 0.333. The Balaban J connectivity index is 2.05. The molecule has 6 nitrogen and oxygen atoms in total. The normalized spacial score (nSPS) is 12.2. The summed E-state index contributed by atoms with van der Waals surface area (Å²) in [5.41, 5.74) is 0.106. The highest BCUT2D eigenvalue weighted by molar-refractivity contribution is 6.31. The van der Waals surface area contributed by atoms with E-state index in [1.165, 1.54) is 12.1 Å². The van der Waals surface area contributed by atoms with Gasteiger partial charge in [0.2, 0.25) is 0 Å². The van der Waals surface area contributed by atoms with Crippen LogP contribution in [0.25, 0.3) is 0 Å². The third kappa shape index (κ3) is 7.27. The van der Waals surface area contributed by atoms with Crippen LogP contribution in [0.15, 0.2) is 42.5 Å². The number of aliphatic carboxylic acids is 1. The fourth-order valence-electron chi connectivity index (χ4n) is 2.47. The third-order valence-electron chi connectivity index (χ3n) is 3.77. The van der Waals surface area contributed by atoms with Gasteiger partial charge in [-0.15, -0.1) is 0 Å². The molecule has 0 bridgehead atoms. The SMILES string of the molecule is CC(C)(C)OC(=O)NC(Cc1cccc(OCc2c(F)cccc2Cl)c1)C(=O)O. The smallest absolute Gasteiger partial charge is 0.408 e. The number of rotatable bonds is 7. The minimum Gasteiger partial charge on any atom is -0.489 e. The number of benzene rings is 2. The van der Waals surface area contributed by atoms with E-state index in [9.17, 15) is 19.1 Å². The molecule has 2 rings (SSSR count). The first-order valence-electron chi connectivity index (χ1n) is 8.92. The van der Waals surface area contributed by atoms with Gasteiger partial charge in [0.05, 0.1) is 5.02 Å². The number of halogens is 2. The lowest BCUT2D eigenvalue weighted by molar-refractivity contribution is -0.139. The van der Waals surface area contributed by atoms with E-state index in [4.69, 9.17) is 21.1 Å². The Morgan fingerprint density at radius 2 is 1.90 bits per heavy atom. The zero-order valence-corrected chi connectivity index (χ0v) is 17.1. The van der Waals surface area contributed by atoms with Crippen LogP contribution >= 0.6 is 11.6 Å². The second kappa shape index (κ2) is 9.60. The predicted molar refractivity (Wildman–Crippen MR) is 107 cm³/mol. The number of ether oxygens (including phenoxy) is 2. The highest BCUT2D eigenvalue weighted by atomic mass is 35.5. The van der Waals surface area contributed by atoms with Gasteiger partial charge in [-0.2, -0.15) is 0 Å². The molecule has 1 amide bonds. The average Bonchev–Trinajstić information content (AvgIpc) is 2.59. The predicted octanol–water partition coefficient (Wildman–Crippen LogP) is 4.58. The number of carboxylic acid groups (broad SMARTS) is 1. The highest BCUT2D eigenvalue weighted by Crippen LogP contribution is 2.22. The maximum absolute atomic E-state index is 13.9. The van der Waals surface area contributed by atoms with E-state index in [0.29, 0.717) is 11.3 Å². The van der Waals surface area contributed by atoms with Crippen LogP contribution in [-0.2, 0) is 22.6 Å². The topological polar surface area (TPSA) is 84.9 Å². The molecular formula is C21H23ClFNO5. The largest absolute Gasteiger partial charge is 0.489 e. The van der Waals surface area contributed by atoms with Crippen LogP contribution in [0.4, 0.5) is 9.18 Å². The van der Waals surface area contributed by atoms with Crippen molar-refractivity contribution >= 4 is 23.7 Å². The summed E-state index contributed by atoms with van der Waals surface area (Å²) < 4.78 is 24.6.